The number of thiophene rings is 1. The largest absolute Gasteiger partial charge is 0.377 e. The van der Waals surface area contributed by atoms with Gasteiger partial charge in [-0.15, -0.1) is 11.3 Å². The number of fused-ring (bicyclic) bond motifs is 3. The van der Waals surface area contributed by atoms with E-state index in [1.165, 1.54) is 0 Å². The van der Waals surface area contributed by atoms with Crippen LogP contribution in [0.15, 0.2) is 29.6 Å². The number of nitrogens with one attached hydrogen (secondary N) is 1. The van der Waals surface area contributed by atoms with Gasteiger partial charge in [0.1, 0.15) is 10.6 Å². The predicted octanol–water partition coefficient (Wildman–Crippen LogP) is 3.32. The van der Waals surface area contributed by atoms with E-state index >= 15 is 0 Å². The fourth-order valence-corrected chi connectivity index (χ4v) is 6.07. The number of amides is 1. The minimum absolute atomic E-state index is 0.00544. The monoisotopic (exact) mass is 455 g/mol. The van der Waals surface area contributed by atoms with Gasteiger partial charge in [0.2, 0.25) is 11.9 Å². The molecular formula is C22H22ClN5O2S. The second-order valence-corrected chi connectivity index (χ2v) is 9.52. The van der Waals surface area contributed by atoms with Crippen molar-refractivity contribution in [1.82, 2.24) is 15.3 Å². The Kier molecular flexibility index (Phi) is 4.74. The van der Waals surface area contributed by atoms with Crippen LogP contribution in [-0.2, 0) is 9.53 Å². The first-order chi connectivity index (χ1) is 15.2. The molecule has 2 unspecified atom stereocenters. The molecule has 3 aromatic rings. The molecule has 0 aliphatic carbocycles. The highest BCUT2D eigenvalue weighted by molar-refractivity contribution is 7.17. The van der Waals surface area contributed by atoms with Crippen LogP contribution < -0.4 is 15.1 Å². The normalized spacial score (nSPS) is 23.5. The summed E-state index contributed by atoms with van der Waals surface area (Å²) in [5.41, 5.74) is 2.06. The number of nitrogens with zero attached hydrogens (tertiary/aromatic N) is 4. The molecule has 1 N–H and O–H groups in total. The Bertz CT molecular complexity index is 1150. The number of carbonyl (C=O) groups excluding carboxylic acids is 1. The zero-order chi connectivity index (χ0) is 20.9. The highest BCUT2D eigenvalue weighted by atomic mass is 35.5. The van der Waals surface area contributed by atoms with Crippen molar-refractivity contribution < 1.29 is 9.53 Å². The summed E-state index contributed by atoms with van der Waals surface area (Å²) in [5, 5.41) is 6.76. The molecule has 0 radical (unpaired) electrons. The van der Waals surface area contributed by atoms with Gasteiger partial charge in [-0.3, -0.25) is 4.79 Å². The predicted molar refractivity (Wildman–Crippen MR) is 123 cm³/mol. The number of piperazine rings is 1. The van der Waals surface area contributed by atoms with Gasteiger partial charge < -0.3 is 19.9 Å². The van der Waals surface area contributed by atoms with Crippen LogP contribution in [0, 0.1) is 0 Å². The summed E-state index contributed by atoms with van der Waals surface area (Å²) in [6, 6.07) is 8.54. The summed E-state index contributed by atoms with van der Waals surface area (Å²) in [6.07, 6.45) is 2.20. The van der Waals surface area contributed by atoms with E-state index in [2.05, 4.69) is 15.6 Å². The topological polar surface area (TPSA) is 70.6 Å². The number of halogens is 1. The molecule has 2 atom stereocenters. The highest BCUT2D eigenvalue weighted by Crippen LogP contribution is 2.44. The number of benzene rings is 1. The lowest BCUT2D eigenvalue weighted by Gasteiger charge is -2.37. The number of carbonyl (C=O) groups is 1. The fourth-order valence-electron chi connectivity index (χ4n) is 4.90. The highest BCUT2D eigenvalue weighted by Gasteiger charge is 2.40. The van der Waals surface area contributed by atoms with Crippen LogP contribution in [0.5, 0.6) is 0 Å². The van der Waals surface area contributed by atoms with Crippen molar-refractivity contribution in [2.75, 3.05) is 42.6 Å². The third-order valence-electron chi connectivity index (χ3n) is 6.37. The number of anilines is 2. The number of aromatic nitrogens is 2. The minimum atomic E-state index is 0.00544. The van der Waals surface area contributed by atoms with E-state index in [0.717, 1.165) is 58.2 Å². The van der Waals surface area contributed by atoms with Gasteiger partial charge >= 0.3 is 0 Å². The third-order valence-corrected chi connectivity index (χ3v) is 7.57. The third kappa shape index (κ3) is 3.24. The molecule has 5 heterocycles. The first-order valence-corrected chi connectivity index (χ1v) is 11.9. The maximum Gasteiger partial charge on any atom is 0.239 e. The number of rotatable bonds is 3. The standard InChI is InChI=1S/C22H22ClN5O2S/c23-17-4-2-1-3-15(17)16-12-31-21-19(16)20(28-13-5-6-14(28)11-30-10-13)25-22(26-21)27-8-7-24-18(29)9-27/h1-4,12-14H,5-11H2,(H,24,29). The van der Waals surface area contributed by atoms with E-state index in [-0.39, 0.29) is 12.5 Å². The van der Waals surface area contributed by atoms with E-state index in [1.807, 2.05) is 29.2 Å². The average molecular weight is 456 g/mol. The average Bonchev–Trinajstić information content (AvgIpc) is 3.31. The quantitative estimate of drug-likeness (QED) is 0.653. The molecular weight excluding hydrogens is 434 g/mol. The molecule has 3 fully saturated rings. The van der Waals surface area contributed by atoms with Crippen molar-refractivity contribution in [3.63, 3.8) is 0 Å². The molecule has 3 aliphatic heterocycles. The fraction of sp³-hybridized carbons (Fsp3) is 0.409. The van der Waals surface area contributed by atoms with Crippen molar-refractivity contribution in [3.8, 4) is 11.1 Å². The Balaban J connectivity index is 1.55. The maximum atomic E-state index is 12.0. The Morgan fingerprint density at radius 3 is 2.71 bits per heavy atom. The summed E-state index contributed by atoms with van der Waals surface area (Å²) >= 11 is 8.17. The second-order valence-electron chi connectivity index (χ2n) is 8.26. The lowest BCUT2D eigenvalue weighted by Crippen LogP contribution is -2.49. The van der Waals surface area contributed by atoms with Crippen LogP contribution in [0.1, 0.15) is 12.8 Å². The first-order valence-electron chi connectivity index (χ1n) is 10.6. The van der Waals surface area contributed by atoms with Gasteiger partial charge in [-0.25, -0.2) is 4.98 Å². The van der Waals surface area contributed by atoms with Gasteiger partial charge in [0, 0.05) is 34.6 Å². The molecule has 0 spiro atoms. The summed E-state index contributed by atoms with van der Waals surface area (Å²) in [4.78, 5) is 27.3. The summed E-state index contributed by atoms with van der Waals surface area (Å²) in [5.74, 6) is 1.57. The Labute approximate surface area is 189 Å². The Morgan fingerprint density at radius 1 is 1.13 bits per heavy atom. The maximum absolute atomic E-state index is 12.0. The minimum Gasteiger partial charge on any atom is -0.377 e. The summed E-state index contributed by atoms with van der Waals surface area (Å²) in [7, 11) is 0. The van der Waals surface area contributed by atoms with E-state index in [9.17, 15) is 4.79 Å². The molecule has 1 aromatic carbocycles. The lowest BCUT2D eigenvalue weighted by atomic mass is 10.1. The van der Waals surface area contributed by atoms with Gasteiger partial charge in [-0.05, 0) is 18.9 Å². The van der Waals surface area contributed by atoms with Gasteiger partial charge in [0.05, 0.1) is 37.2 Å². The Hall–Kier alpha value is -2.42. The van der Waals surface area contributed by atoms with Gasteiger partial charge in [-0.1, -0.05) is 29.8 Å². The SMILES string of the molecule is O=C1CN(c2nc(N3C4CCC3COC4)c3c(-c4ccccc4Cl)csc3n2)CCN1. The molecule has 2 aromatic heterocycles. The molecule has 31 heavy (non-hydrogen) atoms. The van der Waals surface area contributed by atoms with Crippen molar-refractivity contribution in [1.29, 1.82) is 0 Å². The summed E-state index contributed by atoms with van der Waals surface area (Å²) in [6.45, 7) is 3.02. The first kappa shape index (κ1) is 19.3. The number of hydrogen-bond acceptors (Lipinski definition) is 7. The van der Waals surface area contributed by atoms with Crippen molar-refractivity contribution in [2.45, 2.75) is 24.9 Å². The number of ether oxygens (including phenoxy) is 1. The number of morpholine rings is 1. The van der Waals surface area contributed by atoms with E-state index in [0.29, 0.717) is 31.1 Å². The molecule has 9 heteroatoms. The molecule has 160 valence electrons. The van der Waals surface area contributed by atoms with Gasteiger partial charge in [-0.2, -0.15) is 4.98 Å². The molecule has 2 bridgehead atoms. The zero-order valence-corrected chi connectivity index (χ0v) is 18.5. The smallest absolute Gasteiger partial charge is 0.239 e. The van der Waals surface area contributed by atoms with Crippen LogP contribution in [0.3, 0.4) is 0 Å². The van der Waals surface area contributed by atoms with Crippen LogP contribution >= 0.6 is 22.9 Å². The second kappa shape index (κ2) is 7.62. The molecule has 3 aliphatic rings. The van der Waals surface area contributed by atoms with Gasteiger partial charge in [0.25, 0.3) is 0 Å². The van der Waals surface area contributed by atoms with E-state index < -0.39 is 0 Å². The van der Waals surface area contributed by atoms with Crippen LogP contribution in [0.2, 0.25) is 5.02 Å². The molecule has 7 nitrogen and oxygen atoms in total. The lowest BCUT2D eigenvalue weighted by molar-refractivity contribution is -0.120. The zero-order valence-electron chi connectivity index (χ0n) is 16.9. The van der Waals surface area contributed by atoms with Gasteiger partial charge in [0.15, 0.2) is 0 Å². The number of hydrogen-bond donors (Lipinski definition) is 1. The molecule has 0 saturated carbocycles. The van der Waals surface area contributed by atoms with Crippen molar-refractivity contribution in [2.24, 2.45) is 0 Å². The van der Waals surface area contributed by atoms with E-state index in [4.69, 9.17) is 26.3 Å². The van der Waals surface area contributed by atoms with Crippen molar-refractivity contribution in [3.05, 3.63) is 34.7 Å². The Morgan fingerprint density at radius 2 is 1.94 bits per heavy atom. The molecule has 6 rings (SSSR count). The van der Waals surface area contributed by atoms with Crippen LogP contribution in [0.25, 0.3) is 21.3 Å². The van der Waals surface area contributed by atoms with Crippen LogP contribution in [0.4, 0.5) is 11.8 Å². The van der Waals surface area contributed by atoms with Crippen molar-refractivity contribution >= 4 is 50.8 Å². The summed E-state index contributed by atoms with van der Waals surface area (Å²) < 4.78 is 5.83. The molecule has 3 saturated heterocycles. The van der Waals surface area contributed by atoms with Crippen LogP contribution in [-0.4, -0.2) is 60.8 Å². The molecule has 1 amide bonds. The van der Waals surface area contributed by atoms with E-state index in [1.54, 1.807) is 11.3 Å².